The lowest BCUT2D eigenvalue weighted by atomic mass is 10.1. The molecule has 2 amide bonds. The first-order chi connectivity index (χ1) is 13.6. The lowest BCUT2D eigenvalue weighted by Crippen LogP contribution is -2.43. The Kier molecular flexibility index (Phi) is 5.62. The number of carbonyl (C=O) groups is 2. The number of nitrogens with one attached hydrogen (secondary N) is 2. The van der Waals surface area contributed by atoms with Gasteiger partial charge in [-0.15, -0.1) is 0 Å². The minimum atomic E-state index is -0.226. The number of aromatic nitrogens is 2. The third-order valence-corrected chi connectivity index (χ3v) is 5.84. The summed E-state index contributed by atoms with van der Waals surface area (Å²) < 4.78 is 1.99. The molecule has 7 heteroatoms. The number of nitrogens with zero attached hydrogens (tertiary/aromatic N) is 3. The van der Waals surface area contributed by atoms with Crippen LogP contribution >= 0.6 is 0 Å². The van der Waals surface area contributed by atoms with Gasteiger partial charge in [0.05, 0.1) is 11.7 Å². The van der Waals surface area contributed by atoms with E-state index >= 15 is 0 Å². The minimum Gasteiger partial charge on any atom is -0.355 e. The minimum absolute atomic E-state index is 0.00455. The Morgan fingerprint density at radius 3 is 2.89 bits per heavy atom. The zero-order valence-electron chi connectivity index (χ0n) is 16.5. The van der Waals surface area contributed by atoms with E-state index in [-0.39, 0.29) is 17.9 Å². The Balaban J connectivity index is 1.64. The zero-order chi connectivity index (χ0) is 19.5. The van der Waals surface area contributed by atoms with Crippen LogP contribution < -0.4 is 10.6 Å². The van der Waals surface area contributed by atoms with Crippen LogP contribution in [0.15, 0.2) is 18.3 Å². The molecule has 0 aromatic carbocycles. The van der Waals surface area contributed by atoms with Crippen molar-refractivity contribution < 1.29 is 9.59 Å². The Morgan fingerprint density at radius 1 is 1.25 bits per heavy atom. The molecule has 0 unspecified atom stereocenters. The standard InChI is InChI=1S/C21H29N5O2/c1-15-8-7-13-26-17(14-23-16-9-3-4-10-22-20(16)27)18(24-19(15)26)21(28)25-11-5-2-6-12-25/h7-8,13,16,23H,2-6,9-12,14H2,1H3,(H,22,27)/t16-/m0/s1. The second-order valence-corrected chi connectivity index (χ2v) is 7.87. The number of hydrogen-bond acceptors (Lipinski definition) is 4. The lowest BCUT2D eigenvalue weighted by Gasteiger charge is -2.26. The number of aryl methyl sites for hydroxylation is 1. The number of hydrogen-bond donors (Lipinski definition) is 2. The molecular weight excluding hydrogens is 354 g/mol. The molecule has 1 atom stereocenters. The Labute approximate surface area is 165 Å². The molecule has 0 spiro atoms. The summed E-state index contributed by atoms with van der Waals surface area (Å²) in [7, 11) is 0. The molecule has 4 rings (SSSR count). The van der Waals surface area contributed by atoms with E-state index in [0.29, 0.717) is 12.2 Å². The van der Waals surface area contributed by atoms with Crippen molar-refractivity contribution >= 4 is 17.5 Å². The van der Waals surface area contributed by atoms with Crippen LogP contribution in [-0.4, -0.2) is 51.8 Å². The molecule has 0 aliphatic carbocycles. The van der Waals surface area contributed by atoms with Crippen LogP contribution in [0.2, 0.25) is 0 Å². The summed E-state index contributed by atoms with van der Waals surface area (Å²) in [6, 6.07) is 3.75. The molecular formula is C21H29N5O2. The van der Waals surface area contributed by atoms with Gasteiger partial charge in [-0.25, -0.2) is 4.98 Å². The molecule has 4 heterocycles. The van der Waals surface area contributed by atoms with Crippen molar-refractivity contribution in [2.45, 2.75) is 58.0 Å². The topological polar surface area (TPSA) is 78.7 Å². The number of amides is 2. The van der Waals surface area contributed by atoms with Crippen LogP contribution in [0.5, 0.6) is 0 Å². The fraction of sp³-hybridized carbons (Fsp3) is 0.571. The van der Waals surface area contributed by atoms with Crippen LogP contribution in [-0.2, 0) is 11.3 Å². The fourth-order valence-corrected chi connectivity index (χ4v) is 4.19. The predicted molar refractivity (Wildman–Crippen MR) is 107 cm³/mol. The maximum Gasteiger partial charge on any atom is 0.274 e. The molecule has 2 aromatic heterocycles. The molecule has 2 saturated heterocycles. The first-order valence-corrected chi connectivity index (χ1v) is 10.4. The zero-order valence-corrected chi connectivity index (χ0v) is 16.5. The molecule has 150 valence electrons. The van der Waals surface area contributed by atoms with Gasteiger partial charge in [-0.1, -0.05) is 6.07 Å². The van der Waals surface area contributed by atoms with Crippen LogP contribution in [0.1, 0.15) is 60.3 Å². The number of fused-ring (bicyclic) bond motifs is 1. The van der Waals surface area contributed by atoms with Gasteiger partial charge >= 0.3 is 0 Å². The van der Waals surface area contributed by atoms with Crippen molar-refractivity contribution in [2.24, 2.45) is 0 Å². The van der Waals surface area contributed by atoms with E-state index in [0.717, 1.165) is 68.6 Å². The van der Waals surface area contributed by atoms with Gasteiger partial charge in [0, 0.05) is 32.4 Å². The average Bonchev–Trinajstić information content (AvgIpc) is 2.97. The monoisotopic (exact) mass is 383 g/mol. The lowest BCUT2D eigenvalue weighted by molar-refractivity contribution is -0.122. The maximum absolute atomic E-state index is 13.2. The molecule has 28 heavy (non-hydrogen) atoms. The highest BCUT2D eigenvalue weighted by molar-refractivity contribution is 5.94. The van der Waals surface area contributed by atoms with Gasteiger partial charge < -0.3 is 19.9 Å². The van der Waals surface area contributed by atoms with Crippen LogP contribution in [0.3, 0.4) is 0 Å². The molecule has 2 N–H and O–H groups in total. The number of likely N-dealkylation sites (tertiary alicyclic amines) is 1. The third kappa shape index (κ3) is 3.76. The van der Waals surface area contributed by atoms with E-state index in [2.05, 4.69) is 10.6 Å². The third-order valence-electron chi connectivity index (χ3n) is 5.84. The molecule has 2 aliphatic rings. The molecule has 2 aliphatic heterocycles. The second kappa shape index (κ2) is 8.31. The van der Waals surface area contributed by atoms with Crippen molar-refractivity contribution in [3.05, 3.63) is 35.3 Å². The van der Waals surface area contributed by atoms with Gasteiger partial charge in [0.15, 0.2) is 5.69 Å². The summed E-state index contributed by atoms with van der Waals surface area (Å²) in [4.78, 5) is 32.1. The molecule has 7 nitrogen and oxygen atoms in total. The van der Waals surface area contributed by atoms with Crippen molar-refractivity contribution in [2.75, 3.05) is 19.6 Å². The first-order valence-electron chi connectivity index (χ1n) is 10.4. The number of imidazole rings is 1. The highest BCUT2D eigenvalue weighted by Crippen LogP contribution is 2.20. The quantitative estimate of drug-likeness (QED) is 0.847. The van der Waals surface area contributed by atoms with Crippen molar-refractivity contribution in [3.8, 4) is 0 Å². The predicted octanol–water partition coefficient (Wildman–Crippen LogP) is 2.03. The Bertz CT molecular complexity index is 869. The SMILES string of the molecule is Cc1cccn2c(CN[C@H]3CCCCNC3=O)c(C(=O)N3CCCCC3)nc12. The largest absolute Gasteiger partial charge is 0.355 e. The van der Waals surface area contributed by atoms with Gasteiger partial charge in [0.2, 0.25) is 5.91 Å². The van der Waals surface area contributed by atoms with Crippen molar-refractivity contribution in [1.82, 2.24) is 24.9 Å². The Hall–Kier alpha value is -2.41. The molecule has 2 aromatic rings. The van der Waals surface area contributed by atoms with E-state index in [1.165, 1.54) is 6.42 Å². The molecule has 0 bridgehead atoms. The molecule has 2 fully saturated rings. The summed E-state index contributed by atoms with van der Waals surface area (Å²) in [6.07, 6.45) is 8.07. The smallest absolute Gasteiger partial charge is 0.274 e. The van der Waals surface area contributed by atoms with Crippen molar-refractivity contribution in [1.29, 1.82) is 0 Å². The van der Waals surface area contributed by atoms with E-state index in [4.69, 9.17) is 4.98 Å². The highest BCUT2D eigenvalue weighted by Gasteiger charge is 2.27. The normalized spacial score (nSPS) is 20.8. The second-order valence-electron chi connectivity index (χ2n) is 7.87. The number of rotatable bonds is 4. The summed E-state index contributed by atoms with van der Waals surface area (Å²) >= 11 is 0. The highest BCUT2D eigenvalue weighted by atomic mass is 16.2. The average molecular weight is 383 g/mol. The summed E-state index contributed by atoms with van der Waals surface area (Å²) in [6.45, 7) is 4.78. The van der Waals surface area contributed by atoms with E-state index in [1.54, 1.807) is 0 Å². The summed E-state index contributed by atoms with van der Waals surface area (Å²) in [5.74, 6) is 0.0522. The molecule has 0 radical (unpaired) electrons. The van der Waals surface area contributed by atoms with Crippen LogP contribution in [0.25, 0.3) is 5.65 Å². The van der Waals surface area contributed by atoms with E-state index in [9.17, 15) is 9.59 Å². The first kappa shape index (κ1) is 18.9. The van der Waals surface area contributed by atoms with E-state index in [1.807, 2.05) is 34.6 Å². The van der Waals surface area contributed by atoms with Gasteiger partial charge in [-0.2, -0.15) is 0 Å². The molecule has 0 saturated carbocycles. The van der Waals surface area contributed by atoms with Crippen molar-refractivity contribution in [3.63, 3.8) is 0 Å². The van der Waals surface area contributed by atoms with Gasteiger partial charge in [-0.3, -0.25) is 9.59 Å². The fourth-order valence-electron chi connectivity index (χ4n) is 4.19. The van der Waals surface area contributed by atoms with Gasteiger partial charge in [0.25, 0.3) is 5.91 Å². The Morgan fingerprint density at radius 2 is 2.07 bits per heavy atom. The maximum atomic E-state index is 13.2. The van der Waals surface area contributed by atoms with Crippen LogP contribution in [0, 0.1) is 6.92 Å². The van der Waals surface area contributed by atoms with Gasteiger partial charge in [-0.05, 0) is 57.1 Å². The number of carbonyl (C=O) groups excluding carboxylic acids is 2. The number of pyridine rings is 1. The number of piperidine rings is 1. The summed E-state index contributed by atoms with van der Waals surface area (Å²) in [5.41, 5.74) is 3.20. The van der Waals surface area contributed by atoms with Crippen LogP contribution in [0.4, 0.5) is 0 Å². The van der Waals surface area contributed by atoms with Gasteiger partial charge in [0.1, 0.15) is 5.65 Å². The summed E-state index contributed by atoms with van der Waals surface area (Å²) in [5, 5.41) is 6.34. The van der Waals surface area contributed by atoms with E-state index < -0.39 is 0 Å².